The monoisotopic (exact) mass is 269 g/mol. The van der Waals surface area contributed by atoms with Crippen LogP contribution in [0.3, 0.4) is 0 Å². The molecular weight excluding hydrogens is 246 g/mol. The summed E-state index contributed by atoms with van der Waals surface area (Å²) in [6.45, 7) is 0. The minimum absolute atomic E-state index is 0.233. The number of benzene rings is 1. The molecule has 2 bridgehead atoms. The molecule has 0 amide bonds. The Morgan fingerprint density at radius 3 is 2.50 bits per heavy atom. The average molecular weight is 269 g/mol. The molecule has 20 heavy (non-hydrogen) atoms. The van der Waals surface area contributed by atoms with E-state index in [9.17, 15) is 0 Å². The van der Waals surface area contributed by atoms with E-state index >= 15 is 0 Å². The van der Waals surface area contributed by atoms with Crippen LogP contribution < -0.4 is 10.5 Å². The Bertz CT molecular complexity index is 522. The number of ether oxygens (including phenoxy) is 1. The van der Waals surface area contributed by atoms with Gasteiger partial charge in [0.1, 0.15) is 5.75 Å². The van der Waals surface area contributed by atoms with Crippen LogP contribution in [-0.4, -0.2) is 6.10 Å². The van der Waals surface area contributed by atoms with Crippen molar-refractivity contribution in [2.75, 3.05) is 0 Å². The summed E-state index contributed by atoms with van der Waals surface area (Å²) in [4.78, 5) is 0. The van der Waals surface area contributed by atoms with Crippen LogP contribution >= 0.6 is 0 Å². The van der Waals surface area contributed by atoms with Crippen LogP contribution in [0.25, 0.3) is 0 Å². The van der Waals surface area contributed by atoms with Gasteiger partial charge >= 0.3 is 0 Å². The minimum atomic E-state index is 0.233. The van der Waals surface area contributed by atoms with Crippen LogP contribution in [0.15, 0.2) is 24.3 Å². The molecule has 106 valence electrons. The molecule has 1 aromatic rings. The summed E-state index contributed by atoms with van der Waals surface area (Å²) in [6.07, 6.45) is 7.35. The summed E-state index contributed by atoms with van der Waals surface area (Å²) in [5.41, 5.74) is 7.90. The molecule has 2 nitrogen and oxygen atoms in total. The molecular formula is C18H23NO. The third kappa shape index (κ3) is 1.67. The maximum atomic E-state index is 6.60. The molecule has 1 aromatic carbocycles. The molecule has 0 heterocycles. The normalized spacial score (nSPS) is 42.4. The first kappa shape index (κ1) is 11.6. The van der Waals surface area contributed by atoms with Gasteiger partial charge in [-0.25, -0.2) is 0 Å². The fourth-order valence-corrected chi connectivity index (χ4v) is 5.27. The van der Waals surface area contributed by atoms with Crippen molar-refractivity contribution < 1.29 is 4.74 Å². The number of fused-ring (bicyclic) bond motifs is 5. The van der Waals surface area contributed by atoms with Crippen LogP contribution in [0.4, 0.5) is 0 Å². The standard InChI is InChI=1S/C18H23NO/c19-18(17-15-10-4-5-11(8-10)16(15)17)12-2-1-3-14(9-12)20-13-6-7-13/h1-3,9-11,13,15-18H,4-8,19H2. The fraction of sp³-hybridized carbons (Fsp3) is 0.667. The number of rotatable bonds is 4. The second-order valence-electron chi connectivity index (χ2n) is 7.48. The van der Waals surface area contributed by atoms with Crippen LogP contribution in [0.5, 0.6) is 5.75 Å². The van der Waals surface area contributed by atoms with Crippen molar-refractivity contribution in [3.05, 3.63) is 29.8 Å². The number of hydrogen-bond acceptors (Lipinski definition) is 2. The van der Waals surface area contributed by atoms with Gasteiger partial charge in [-0.3, -0.25) is 0 Å². The Labute approximate surface area is 120 Å². The Kier molecular flexibility index (Phi) is 2.33. The molecule has 5 rings (SSSR count). The predicted molar refractivity (Wildman–Crippen MR) is 78.3 cm³/mol. The molecule has 2 N–H and O–H groups in total. The third-order valence-electron chi connectivity index (χ3n) is 6.28. The number of hydrogen-bond donors (Lipinski definition) is 1. The molecule has 4 fully saturated rings. The summed E-state index contributed by atoms with van der Waals surface area (Å²) < 4.78 is 5.91. The van der Waals surface area contributed by atoms with E-state index in [1.807, 2.05) is 0 Å². The lowest BCUT2D eigenvalue weighted by Crippen LogP contribution is -2.17. The van der Waals surface area contributed by atoms with Crippen molar-refractivity contribution in [2.24, 2.45) is 35.3 Å². The third-order valence-corrected chi connectivity index (χ3v) is 6.28. The zero-order valence-corrected chi connectivity index (χ0v) is 11.9. The van der Waals surface area contributed by atoms with Gasteiger partial charge < -0.3 is 10.5 Å². The van der Waals surface area contributed by atoms with Crippen molar-refractivity contribution in [3.8, 4) is 5.75 Å². The lowest BCUT2D eigenvalue weighted by Gasteiger charge is -2.17. The topological polar surface area (TPSA) is 35.2 Å². The second kappa shape index (κ2) is 4.00. The van der Waals surface area contributed by atoms with Crippen LogP contribution in [-0.2, 0) is 0 Å². The molecule has 0 saturated heterocycles. The largest absolute Gasteiger partial charge is 0.490 e. The second-order valence-corrected chi connectivity index (χ2v) is 7.48. The minimum Gasteiger partial charge on any atom is -0.490 e. The van der Waals surface area contributed by atoms with E-state index in [0.717, 1.165) is 35.3 Å². The van der Waals surface area contributed by atoms with E-state index in [4.69, 9.17) is 10.5 Å². The van der Waals surface area contributed by atoms with E-state index < -0.39 is 0 Å². The molecule has 4 saturated carbocycles. The average Bonchev–Trinajstić information content (AvgIpc) is 3.36. The summed E-state index contributed by atoms with van der Waals surface area (Å²) in [6, 6.07) is 8.81. The molecule has 4 aliphatic carbocycles. The molecule has 4 aliphatic rings. The molecule has 0 aromatic heterocycles. The van der Waals surface area contributed by atoms with E-state index in [-0.39, 0.29) is 6.04 Å². The Hall–Kier alpha value is -1.02. The van der Waals surface area contributed by atoms with Crippen LogP contribution in [0, 0.1) is 29.6 Å². The van der Waals surface area contributed by atoms with Gasteiger partial charge in [0.05, 0.1) is 6.10 Å². The van der Waals surface area contributed by atoms with Crippen molar-refractivity contribution in [1.82, 2.24) is 0 Å². The molecule has 0 aliphatic heterocycles. The van der Waals surface area contributed by atoms with Gasteiger partial charge in [0.2, 0.25) is 0 Å². The molecule has 0 radical (unpaired) electrons. The lowest BCUT2D eigenvalue weighted by molar-refractivity contribution is 0.302. The zero-order chi connectivity index (χ0) is 13.3. The van der Waals surface area contributed by atoms with Crippen molar-refractivity contribution in [1.29, 1.82) is 0 Å². The highest BCUT2D eigenvalue weighted by molar-refractivity contribution is 5.33. The van der Waals surface area contributed by atoms with Gasteiger partial charge in [0.15, 0.2) is 0 Å². The molecule has 0 spiro atoms. The summed E-state index contributed by atoms with van der Waals surface area (Å²) >= 11 is 0. The van der Waals surface area contributed by atoms with Gasteiger partial charge in [-0.15, -0.1) is 0 Å². The highest BCUT2D eigenvalue weighted by Gasteiger charge is 2.66. The molecule has 2 heteroatoms. The van der Waals surface area contributed by atoms with Gasteiger partial charge in [0, 0.05) is 6.04 Å². The maximum Gasteiger partial charge on any atom is 0.120 e. The van der Waals surface area contributed by atoms with Gasteiger partial charge in [0.25, 0.3) is 0 Å². The fourth-order valence-electron chi connectivity index (χ4n) is 5.27. The van der Waals surface area contributed by atoms with Gasteiger partial charge in [-0.05, 0) is 79.4 Å². The maximum absolute atomic E-state index is 6.60. The number of nitrogens with two attached hydrogens (primary N) is 1. The van der Waals surface area contributed by atoms with Crippen molar-refractivity contribution >= 4 is 0 Å². The molecule has 5 unspecified atom stereocenters. The van der Waals surface area contributed by atoms with E-state index in [1.165, 1.54) is 37.7 Å². The van der Waals surface area contributed by atoms with Crippen LogP contribution in [0.2, 0.25) is 0 Å². The van der Waals surface area contributed by atoms with Gasteiger partial charge in [-0.2, -0.15) is 0 Å². The first-order valence-electron chi connectivity index (χ1n) is 8.33. The highest BCUT2D eigenvalue weighted by Crippen LogP contribution is 2.71. The zero-order valence-electron chi connectivity index (χ0n) is 11.9. The predicted octanol–water partition coefficient (Wildman–Crippen LogP) is 3.52. The smallest absolute Gasteiger partial charge is 0.120 e. The van der Waals surface area contributed by atoms with E-state index in [0.29, 0.717) is 6.10 Å². The first-order valence-corrected chi connectivity index (χ1v) is 8.33. The first-order chi connectivity index (χ1) is 9.81. The Balaban J connectivity index is 1.35. The van der Waals surface area contributed by atoms with Gasteiger partial charge in [-0.1, -0.05) is 12.1 Å². The summed E-state index contributed by atoms with van der Waals surface area (Å²) in [5.74, 6) is 5.71. The van der Waals surface area contributed by atoms with Crippen molar-refractivity contribution in [3.63, 3.8) is 0 Å². The summed E-state index contributed by atoms with van der Waals surface area (Å²) in [7, 11) is 0. The molecule has 5 atom stereocenters. The Morgan fingerprint density at radius 2 is 1.80 bits per heavy atom. The lowest BCUT2D eigenvalue weighted by atomic mass is 9.93. The Morgan fingerprint density at radius 1 is 1.05 bits per heavy atom. The van der Waals surface area contributed by atoms with E-state index in [1.54, 1.807) is 0 Å². The SMILES string of the molecule is NC(c1cccc(OC2CC2)c1)C1C2C3CCC(C3)C21. The van der Waals surface area contributed by atoms with Crippen LogP contribution in [0.1, 0.15) is 43.7 Å². The highest BCUT2D eigenvalue weighted by atomic mass is 16.5. The van der Waals surface area contributed by atoms with E-state index in [2.05, 4.69) is 24.3 Å². The quantitative estimate of drug-likeness (QED) is 0.907. The summed E-state index contributed by atoms with van der Waals surface area (Å²) in [5, 5.41) is 0. The van der Waals surface area contributed by atoms with Crippen molar-refractivity contribution in [2.45, 2.75) is 44.2 Å².